The summed E-state index contributed by atoms with van der Waals surface area (Å²) in [6.45, 7) is 0. The van der Waals surface area contributed by atoms with E-state index >= 15 is 0 Å². The van der Waals surface area contributed by atoms with Gasteiger partial charge in [-0.05, 0) is 48.5 Å². The second-order valence-corrected chi connectivity index (χ2v) is 8.93. The topological polar surface area (TPSA) is 87.3 Å². The molecule has 0 aliphatic heterocycles. The van der Waals surface area contributed by atoms with Gasteiger partial charge in [0.1, 0.15) is 11.5 Å². The zero-order valence-corrected chi connectivity index (χ0v) is 17.4. The van der Waals surface area contributed by atoms with Crippen molar-refractivity contribution < 1.29 is 21.6 Å². The molecule has 0 unspecified atom stereocenters. The van der Waals surface area contributed by atoms with Crippen molar-refractivity contribution in [1.82, 2.24) is 9.38 Å². The molecule has 0 amide bonds. The van der Waals surface area contributed by atoms with E-state index in [4.69, 9.17) is 28.5 Å². The summed E-state index contributed by atoms with van der Waals surface area (Å²) in [7, 11) is -4.29. The zero-order valence-electron chi connectivity index (χ0n) is 15.1. The summed E-state index contributed by atoms with van der Waals surface area (Å²) in [5, 5.41) is 9.13. The van der Waals surface area contributed by atoms with Gasteiger partial charge >= 0.3 is 6.18 Å². The third-order valence-electron chi connectivity index (χ3n) is 4.40. The fraction of sp³-hybridized carbons (Fsp3) is 0.0526. The van der Waals surface area contributed by atoms with Gasteiger partial charge in [-0.3, -0.25) is 9.12 Å². The first-order valence-electron chi connectivity index (χ1n) is 8.41. The molecule has 31 heavy (non-hydrogen) atoms. The van der Waals surface area contributed by atoms with Gasteiger partial charge in [-0.15, -0.1) is 0 Å². The Morgan fingerprint density at radius 1 is 1.03 bits per heavy atom. The average Bonchev–Trinajstić information content (AvgIpc) is 3.05. The van der Waals surface area contributed by atoms with Crippen LogP contribution in [0.25, 0.3) is 16.7 Å². The number of anilines is 1. The van der Waals surface area contributed by atoms with E-state index in [1.165, 1.54) is 40.8 Å². The monoisotopic (exact) mass is 484 g/mol. The number of hydrogen-bond donors (Lipinski definition) is 1. The lowest BCUT2D eigenvalue weighted by molar-refractivity contribution is -0.137. The summed E-state index contributed by atoms with van der Waals surface area (Å²) >= 11 is 12.0. The number of hydrogen-bond acceptors (Lipinski definition) is 4. The van der Waals surface area contributed by atoms with Crippen LogP contribution in [0.4, 0.5) is 19.0 Å². The number of rotatable bonds is 3. The van der Waals surface area contributed by atoms with Gasteiger partial charge in [0.05, 0.1) is 43.2 Å². The van der Waals surface area contributed by atoms with Crippen LogP contribution in [-0.2, 0) is 16.2 Å². The normalized spacial score (nSPS) is 12.3. The SMILES string of the molecule is N#Cc1ccc(S(=O)(=O)Nc2cc(C(F)(F)F)cc3nc4cc(Cl)c(Cl)cc4n23)cc1. The van der Waals surface area contributed by atoms with Crippen molar-refractivity contribution in [2.24, 2.45) is 0 Å². The minimum absolute atomic E-state index is 0.122. The standard InChI is InChI=1S/C19H9Cl2F3N4O2S/c20-13-7-15-16(8-14(13)21)28-17(26-15)5-11(19(22,23)24)6-18(28)27-31(29,30)12-3-1-10(9-25)2-4-12/h1-8,27H. The highest BCUT2D eigenvalue weighted by Gasteiger charge is 2.33. The van der Waals surface area contributed by atoms with E-state index in [0.29, 0.717) is 6.07 Å². The number of nitrogens with one attached hydrogen (secondary N) is 1. The van der Waals surface area contributed by atoms with Gasteiger partial charge in [0.25, 0.3) is 10.0 Å². The van der Waals surface area contributed by atoms with Crippen LogP contribution in [0.3, 0.4) is 0 Å². The molecule has 0 aliphatic rings. The summed E-state index contributed by atoms with van der Waals surface area (Å²) < 4.78 is 69.3. The summed E-state index contributed by atoms with van der Waals surface area (Å²) in [4.78, 5) is 3.89. The van der Waals surface area contributed by atoms with E-state index < -0.39 is 27.6 Å². The van der Waals surface area contributed by atoms with Crippen LogP contribution in [0.5, 0.6) is 0 Å². The number of imidazole rings is 1. The molecule has 12 heteroatoms. The number of aromatic nitrogens is 2. The van der Waals surface area contributed by atoms with E-state index in [0.717, 1.165) is 6.07 Å². The van der Waals surface area contributed by atoms with Gasteiger partial charge in [0.15, 0.2) is 0 Å². The van der Waals surface area contributed by atoms with Crippen molar-refractivity contribution in [3.8, 4) is 6.07 Å². The Hall–Kier alpha value is -3.00. The van der Waals surface area contributed by atoms with Crippen LogP contribution in [0.15, 0.2) is 53.4 Å². The maximum Gasteiger partial charge on any atom is 0.416 e. The fourth-order valence-electron chi connectivity index (χ4n) is 2.98. The molecule has 2 heterocycles. The first-order chi connectivity index (χ1) is 14.5. The summed E-state index contributed by atoms with van der Waals surface area (Å²) in [6, 6.07) is 11.0. The van der Waals surface area contributed by atoms with Crippen LogP contribution in [0, 0.1) is 11.3 Å². The number of sulfonamides is 1. The van der Waals surface area contributed by atoms with Crippen molar-refractivity contribution >= 4 is 55.7 Å². The van der Waals surface area contributed by atoms with Crippen LogP contribution < -0.4 is 4.72 Å². The predicted octanol–water partition coefficient (Wildman–Crippen LogP) is 5.49. The Kier molecular flexibility index (Phi) is 5.00. The second kappa shape index (κ2) is 7.30. The van der Waals surface area contributed by atoms with E-state index in [1.807, 2.05) is 6.07 Å². The summed E-state index contributed by atoms with van der Waals surface area (Å²) in [5.74, 6) is -0.393. The number of nitrogens with zero attached hydrogens (tertiary/aromatic N) is 3. The summed E-state index contributed by atoms with van der Waals surface area (Å²) in [5.41, 5.74) is -0.526. The highest BCUT2D eigenvalue weighted by molar-refractivity contribution is 7.92. The molecule has 0 fully saturated rings. The number of halogens is 5. The van der Waals surface area contributed by atoms with Crippen molar-refractivity contribution in [1.29, 1.82) is 5.26 Å². The molecule has 0 radical (unpaired) electrons. The molecule has 2 aromatic carbocycles. The van der Waals surface area contributed by atoms with E-state index in [2.05, 4.69) is 9.71 Å². The van der Waals surface area contributed by atoms with E-state index in [1.54, 1.807) is 0 Å². The molecule has 2 aromatic heterocycles. The van der Waals surface area contributed by atoms with Gasteiger partial charge in [-0.25, -0.2) is 13.4 Å². The van der Waals surface area contributed by atoms with Gasteiger partial charge in [0.2, 0.25) is 0 Å². The third kappa shape index (κ3) is 3.87. The van der Waals surface area contributed by atoms with Gasteiger partial charge < -0.3 is 0 Å². The van der Waals surface area contributed by atoms with Crippen LogP contribution >= 0.6 is 23.2 Å². The molecule has 0 bridgehead atoms. The molecule has 158 valence electrons. The first-order valence-corrected chi connectivity index (χ1v) is 10.6. The van der Waals surface area contributed by atoms with Crippen molar-refractivity contribution in [2.75, 3.05) is 4.72 Å². The lowest BCUT2D eigenvalue weighted by Crippen LogP contribution is -2.17. The zero-order chi connectivity index (χ0) is 22.6. The maximum absolute atomic E-state index is 13.4. The van der Waals surface area contributed by atoms with Crippen LogP contribution in [-0.4, -0.2) is 17.8 Å². The molecular weight excluding hydrogens is 476 g/mol. The Balaban J connectivity index is 1.96. The first kappa shape index (κ1) is 21.2. The average molecular weight is 485 g/mol. The van der Waals surface area contributed by atoms with Crippen molar-refractivity contribution in [2.45, 2.75) is 11.1 Å². The molecule has 0 atom stereocenters. The molecule has 0 saturated heterocycles. The number of pyridine rings is 1. The summed E-state index contributed by atoms with van der Waals surface area (Å²) in [6.07, 6.45) is -4.75. The molecule has 6 nitrogen and oxygen atoms in total. The number of benzene rings is 2. The van der Waals surface area contributed by atoms with Crippen LogP contribution in [0.2, 0.25) is 10.0 Å². The smallest absolute Gasteiger partial charge is 0.278 e. The lowest BCUT2D eigenvalue weighted by atomic mass is 10.2. The minimum atomic E-state index is -4.75. The van der Waals surface area contributed by atoms with Crippen LogP contribution in [0.1, 0.15) is 11.1 Å². The largest absolute Gasteiger partial charge is 0.416 e. The number of alkyl halides is 3. The van der Waals surface area contributed by atoms with Gasteiger partial charge in [0, 0.05) is 0 Å². The maximum atomic E-state index is 13.4. The fourth-order valence-corrected chi connectivity index (χ4v) is 4.33. The number of fused-ring (bicyclic) bond motifs is 3. The Bertz CT molecular complexity index is 1490. The molecular formula is C19H9Cl2F3N4O2S. The van der Waals surface area contributed by atoms with Crippen molar-refractivity contribution in [3.63, 3.8) is 0 Å². The molecule has 0 spiro atoms. The lowest BCUT2D eigenvalue weighted by Gasteiger charge is -2.14. The van der Waals surface area contributed by atoms with E-state index in [-0.39, 0.29) is 37.2 Å². The quantitative estimate of drug-likeness (QED) is 0.416. The molecule has 4 rings (SSSR count). The van der Waals surface area contributed by atoms with Gasteiger partial charge in [-0.1, -0.05) is 23.2 Å². The molecule has 0 aliphatic carbocycles. The molecule has 1 N–H and O–H groups in total. The van der Waals surface area contributed by atoms with E-state index in [9.17, 15) is 21.6 Å². The Labute approximate surface area is 183 Å². The molecule has 0 saturated carbocycles. The van der Waals surface area contributed by atoms with Crippen molar-refractivity contribution in [3.05, 3.63) is 69.7 Å². The highest BCUT2D eigenvalue weighted by Crippen LogP contribution is 2.36. The second-order valence-electron chi connectivity index (χ2n) is 6.43. The highest BCUT2D eigenvalue weighted by atomic mass is 35.5. The Morgan fingerprint density at radius 3 is 2.29 bits per heavy atom. The molecule has 4 aromatic rings. The Morgan fingerprint density at radius 2 is 1.68 bits per heavy atom. The third-order valence-corrected chi connectivity index (χ3v) is 6.49. The van der Waals surface area contributed by atoms with Gasteiger partial charge in [-0.2, -0.15) is 18.4 Å². The number of nitriles is 1. The predicted molar refractivity (Wildman–Crippen MR) is 110 cm³/mol. The minimum Gasteiger partial charge on any atom is -0.278 e.